The highest BCUT2D eigenvalue weighted by atomic mass is 32.2. The summed E-state index contributed by atoms with van der Waals surface area (Å²) in [5, 5.41) is 21.9. The second kappa shape index (κ2) is 6.56. The minimum Gasteiger partial charge on any atom is -0.390 e. The Balaban J connectivity index is 2.31. The van der Waals surface area contributed by atoms with Gasteiger partial charge in [0.25, 0.3) is 0 Å². The number of hydrogen-bond donors (Lipinski definition) is 2. The van der Waals surface area contributed by atoms with E-state index in [0.29, 0.717) is 5.92 Å². The Morgan fingerprint density at radius 3 is 2.71 bits per heavy atom. The van der Waals surface area contributed by atoms with Crippen LogP contribution in [0.2, 0.25) is 0 Å². The molecule has 0 aliphatic carbocycles. The number of nitrogens with zero attached hydrogens (tertiary/aromatic N) is 2. The van der Waals surface area contributed by atoms with E-state index in [4.69, 9.17) is 0 Å². The van der Waals surface area contributed by atoms with E-state index in [-0.39, 0.29) is 0 Å². The fourth-order valence-electron chi connectivity index (χ4n) is 1.02. The Hall–Kier alpha value is -0.330. The topological polar surface area (TPSA) is 58.0 Å². The number of aromatic nitrogens is 2. The fourth-order valence-corrected chi connectivity index (χ4v) is 3.10. The molecule has 0 saturated heterocycles. The second-order valence-corrected chi connectivity index (χ2v) is 7.38. The lowest BCUT2D eigenvalue weighted by Gasteiger charge is -2.15. The first-order chi connectivity index (χ1) is 7.87. The van der Waals surface area contributed by atoms with Crippen LogP contribution >= 0.6 is 23.1 Å². The summed E-state index contributed by atoms with van der Waals surface area (Å²) in [5.41, 5.74) is -0.601. The molecule has 6 heteroatoms. The molecule has 0 bridgehead atoms. The third kappa shape index (κ3) is 6.85. The summed E-state index contributed by atoms with van der Waals surface area (Å²) < 4.78 is 0.959. The van der Waals surface area contributed by atoms with Crippen LogP contribution in [-0.4, -0.2) is 33.2 Å². The van der Waals surface area contributed by atoms with E-state index < -0.39 is 5.60 Å². The van der Waals surface area contributed by atoms with Crippen molar-refractivity contribution in [2.75, 3.05) is 17.6 Å². The van der Waals surface area contributed by atoms with Crippen molar-refractivity contribution in [3.8, 4) is 0 Å². The largest absolute Gasteiger partial charge is 0.390 e. The van der Waals surface area contributed by atoms with Crippen molar-refractivity contribution >= 4 is 28.2 Å². The Morgan fingerprint density at radius 1 is 1.41 bits per heavy atom. The number of hydrogen-bond acceptors (Lipinski definition) is 6. The SMILES string of the molecule is CC(C)CNc1nnc(SCCC(C)(C)O)s1. The molecule has 0 fully saturated rings. The van der Waals surface area contributed by atoms with Gasteiger partial charge in [-0.15, -0.1) is 10.2 Å². The molecule has 4 nitrogen and oxygen atoms in total. The molecule has 0 unspecified atom stereocenters. The van der Waals surface area contributed by atoms with E-state index in [9.17, 15) is 5.11 Å². The maximum Gasteiger partial charge on any atom is 0.206 e. The summed E-state index contributed by atoms with van der Waals surface area (Å²) in [4.78, 5) is 0. The monoisotopic (exact) mass is 275 g/mol. The van der Waals surface area contributed by atoms with E-state index in [2.05, 4.69) is 29.4 Å². The zero-order valence-electron chi connectivity index (χ0n) is 10.9. The van der Waals surface area contributed by atoms with Gasteiger partial charge in [0.05, 0.1) is 5.60 Å². The van der Waals surface area contributed by atoms with Gasteiger partial charge >= 0.3 is 0 Å². The van der Waals surface area contributed by atoms with Gasteiger partial charge in [0, 0.05) is 12.3 Å². The minimum absolute atomic E-state index is 0.601. The van der Waals surface area contributed by atoms with Crippen molar-refractivity contribution in [2.45, 2.75) is 44.1 Å². The molecule has 0 atom stereocenters. The molecular weight excluding hydrogens is 254 g/mol. The smallest absolute Gasteiger partial charge is 0.206 e. The molecule has 0 spiro atoms. The Morgan fingerprint density at radius 2 is 2.12 bits per heavy atom. The lowest BCUT2D eigenvalue weighted by atomic mass is 10.1. The van der Waals surface area contributed by atoms with Crippen LogP contribution in [0.1, 0.15) is 34.1 Å². The number of rotatable bonds is 7. The molecule has 0 aliphatic rings. The molecule has 0 radical (unpaired) electrons. The fraction of sp³-hybridized carbons (Fsp3) is 0.818. The standard InChI is InChI=1S/C11H21N3OS2/c1-8(2)7-12-9-13-14-10(17-9)16-6-5-11(3,4)15/h8,15H,5-7H2,1-4H3,(H,12,13). The van der Waals surface area contributed by atoms with Crippen molar-refractivity contribution in [2.24, 2.45) is 5.92 Å². The third-order valence-corrected chi connectivity index (χ3v) is 4.02. The van der Waals surface area contributed by atoms with Gasteiger partial charge in [0.1, 0.15) is 0 Å². The molecule has 1 aromatic heterocycles. The van der Waals surface area contributed by atoms with Gasteiger partial charge in [-0.3, -0.25) is 0 Å². The average Bonchev–Trinajstić information content (AvgIpc) is 2.61. The zero-order valence-corrected chi connectivity index (χ0v) is 12.5. The summed E-state index contributed by atoms with van der Waals surface area (Å²) in [6, 6.07) is 0. The summed E-state index contributed by atoms with van der Waals surface area (Å²) in [6.07, 6.45) is 0.756. The number of anilines is 1. The Labute approximate surface area is 111 Å². The molecule has 1 aromatic rings. The van der Waals surface area contributed by atoms with Crippen LogP contribution in [0.25, 0.3) is 0 Å². The van der Waals surface area contributed by atoms with Gasteiger partial charge in [-0.2, -0.15) is 0 Å². The van der Waals surface area contributed by atoms with Crippen molar-refractivity contribution in [1.29, 1.82) is 0 Å². The maximum atomic E-state index is 9.59. The molecule has 1 rings (SSSR count). The van der Waals surface area contributed by atoms with E-state index in [1.807, 2.05) is 13.8 Å². The molecule has 17 heavy (non-hydrogen) atoms. The normalized spacial score (nSPS) is 12.1. The van der Waals surface area contributed by atoms with E-state index in [0.717, 1.165) is 28.2 Å². The predicted octanol–water partition coefficient (Wildman–Crippen LogP) is 2.86. The first-order valence-corrected chi connectivity index (χ1v) is 7.59. The van der Waals surface area contributed by atoms with Crippen LogP contribution in [-0.2, 0) is 0 Å². The van der Waals surface area contributed by atoms with Crippen LogP contribution < -0.4 is 5.32 Å². The maximum absolute atomic E-state index is 9.59. The summed E-state index contributed by atoms with van der Waals surface area (Å²) in [7, 11) is 0. The lowest BCUT2D eigenvalue weighted by Crippen LogP contribution is -2.18. The summed E-state index contributed by atoms with van der Waals surface area (Å²) in [6.45, 7) is 8.88. The summed E-state index contributed by atoms with van der Waals surface area (Å²) in [5.74, 6) is 1.47. The molecule has 0 saturated carbocycles. The van der Waals surface area contributed by atoms with Gasteiger partial charge < -0.3 is 10.4 Å². The first kappa shape index (κ1) is 14.7. The number of nitrogens with one attached hydrogen (secondary N) is 1. The quantitative estimate of drug-likeness (QED) is 0.749. The van der Waals surface area contributed by atoms with Crippen LogP contribution in [0.15, 0.2) is 4.34 Å². The van der Waals surface area contributed by atoms with Crippen molar-refractivity contribution < 1.29 is 5.11 Å². The third-order valence-electron chi connectivity index (χ3n) is 2.01. The van der Waals surface area contributed by atoms with Crippen LogP contribution in [0.4, 0.5) is 5.13 Å². The van der Waals surface area contributed by atoms with Gasteiger partial charge in [0.2, 0.25) is 5.13 Å². The van der Waals surface area contributed by atoms with Gasteiger partial charge in [-0.25, -0.2) is 0 Å². The van der Waals surface area contributed by atoms with Crippen molar-refractivity contribution in [3.05, 3.63) is 0 Å². The number of aliphatic hydroxyl groups is 1. The molecule has 0 aromatic carbocycles. The van der Waals surface area contributed by atoms with Crippen LogP contribution in [0.5, 0.6) is 0 Å². The lowest BCUT2D eigenvalue weighted by molar-refractivity contribution is 0.0777. The van der Waals surface area contributed by atoms with E-state index >= 15 is 0 Å². The zero-order chi connectivity index (χ0) is 12.9. The van der Waals surface area contributed by atoms with E-state index in [1.54, 1.807) is 23.1 Å². The van der Waals surface area contributed by atoms with Gasteiger partial charge in [-0.1, -0.05) is 36.9 Å². The number of thioether (sulfide) groups is 1. The Bertz CT molecular complexity index is 334. The van der Waals surface area contributed by atoms with Crippen LogP contribution in [0, 0.1) is 5.92 Å². The molecule has 1 heterocycles. The highest BCUT2D eigenvalue weighted by molar-refractivity contribution is 8.01. The minimum atomic E-state index is -0.601. The van der Waals surface area contributed by atoms with Gasteiger partial charge in [-0.05, 0) is 26.2 Å². The highest BCUT2D eigenvalue weighted by Gasteiger charge is 2.13. The molecule has 0 aliphatic heterocycles. The summed E-state index contributed by atoms with van der Waals surface area (Å²) >= 11 is 3.22. The van der Waals surface area contributed by atoms with E-state index in [1.165, 1.54) is 0 Å². The average molecular weight is 275 g/mol. The predicted molar refractivity (Wildman–Crippen MR) is 74.9 cm³/mol. The van der Waals surface area contributed by atoms with Crippen molar-refractivity contribution in [1.82, 2.24) is 10.2 Å². The molecule has 2 N–H and O–H groups in total. The van der Waals surface area contributed by atoms with Gasteiger partial charge in [0.15, 0.2) is 4.34 Å². The van der Waals surface area contributed by atoms with Crippen LogP contribution in [0.3, 0.4) is 0 Å². The second-order valence-electron chi connectivity index (χ2n) is 5.06. The highest BCUT2D eigenvalue weighted by Crippen LogP contribution is 2.27. The molecule has 0 amide bonds. The molecule has 98 valence electrons. The molecular formula is C11H21N3OS2. The first-order valence-electron chi connectivity index (χ1n) is 5.79. The Kier molecular flexibility index (Phi) is 5.69. The van der Waals surface area contributed by atoms with Crippen molar-refractivity contribution in [3.63, 3.8) is 0 Å².